The van der Waals surface area contributed by atoms with Gasteiger partial charge in [-0.2, -0.15) is 14.7 Å². The molecule has 3 aromatic heterocycles. The SMILES string of the molecule is COc1cc2nn(C3CCC(CCO)CC3)cc2cc1C(=O)Nc1cnc2cccnn12. The molecule has 1 aliphatic rings. The number of carbonyl (C=O) groups excluding carboxylic acids is 1. The number of fused-ring (bicyclic) bond motifs is 2. The third-order valence-electron chi connectivity index (χ3n) is 6.34. The molecule has 1 aromatic carbocycles. The van der Waals surface area contributed by atoms with Crippen molar-refractivity contribution < 1.29 is 14.6 Å². The average molecular weight is 435 g/mol. The van der Waals surface area contributed by atoms with Gasteiger partial charge in [-0.1, -0.05) is 0 Å². The maximum atomic E-state index is 13.1. The number of nitrogens with one attached hydrogen (secondary N) is 1. The van der Waals surface area contributed by atoms with E-state index in [1.54, 1.807) is 30.1 Å². The molecule has 0 atom stereocenters. The number of aliphatic hydroxyl groups excluding tert-OH is 1. The molecule has 32 heavy (non-hydrogen) atoms. The minimum atomic E-state index is -0.298. The summed E-state index contributed by atoms with van der Waals surface area (Å²) >= 11 is 0. The second-order valence-electron chi connectivity index (χ2n) is 8.30. The first-order valence-electron chi connectivity index (χ1n) is 10.9. The Hall–Kier alpha value is -3.46. The Morgan fingerprint density at radius 2 is 2.12 bits per heavy atom. The number of nitrogens with zero attached hydrogens (tertiary/aromatic N) is 5. The Balaban J connectivity index is 1.40. The lowest BCUT2D eigenvalue weighted by atomic mass is 9.84. The number of hydrogen-bond acceptors (Lipinski definition) is 6. The first-order valence-corrected chi connectivity index (χ1v) is 10.9. The molecule has 0 spiro atoms. The molecule has 2 N–H and O–H groups in total. The predicted molar refractivity (Wildman–Crippen MR) is 120 cm³/mol. The number of imidazole rings is 1. The molecule has 0 saturated heterocycles. The molecule has 1 aliphatic carbocycles. The van der Waals surface area contributed by atoms with Gasteiger partial charge in [-0.05, 0) is 56.2 Å². The Kier molecular flexibility index (Phi) is 5.48. The predicted octanol–water partition coefficient (Wildman–Crippen LogP) is 3.45. The van der Waals surface area contributed by atoms with E-state index < -0.39 is 0 Å². The summed E-state index contributed by atoms with van der Waals surface area (Å²) in [5.41, 5.74) is 1.88. The molecule has 9 nitrogen and oxygen atoms in total. The molecule has 1 saturated carbocycles. The number of methoxy groups -OCH3 is 1. The van der Waals surface area contributed by atoms with E-state index in [1.165, 1.54) is 0 Å². The summed E-state index contributed by atoms with van der Waals surface area (Å²) in [5, 5.41) is 21.9. The number of ether oxygens (including phenoxy) is 1. The van der Waals surface area contributed by atoms with Crippen molar-refractivity contribution >= 4 is 28.3 Å². The fraction of sp³-hybridized carbons (Fsp3) is 0.391. The van der Waals surface area contributed by atoms with E-state index in [2.05, 4.69) is 15.4 Å². The highest BCUT2D eigenvalue weighted by Gasteiger charge is 2.24. The zero-order valence-electron chi connectivity index (χ0n) is 17.9. The molecular weight excluding hydrogens is 408 g/mol. The molecule has 1 amide bonds. The molecule has 9 heteroatoms. The van der Waals surface area contributed by atoms with E-state index >= 15 is 0 Å². The van der Waals surface area contributed by atoms with Crippen molar-refractivity contribution in [3.8, 4) is 5.75 Å². The number of amides is 1. The lowest BCUT2D eigenvalue weighted by molar-refractivity contribution is 0.102. The molecule has 0 aliphatic heterocycles. The van der Waals surface area contributed by atoms with Gasteiger partial charge >= 0.3 is 0 Å². The number of anilines is 1. The monoisotopic (exact) mass is 434 g/mol. The smallest absolute Gasteiger partial charge is 0.260 e. The fourth-order valence-corrected chi connectivity index (χ4v) is 4.58. The van der Waals surface area contributed by atoms with Crippen LogP contribution in [0.5, 0.6) is 5.75 Å². The van der Waals surface area contributed by atoms with Crippen molar-refractivity contribution in [3.05, 3.63) is 48.4 Å². The normalized spacial score (nSPS) is 18.8. The highest BCUT2D eigenvalue weighted by atomic mass is 16.5. The van der Waals surface area contributed by atoms with Gasteiger partial charge in [0, 0.05) is 30.5 Å². The van der Waals surface area contributed by atoms with Crippen LogP contribution < -0.4 is 10.1 Å². The van der Waals surface area contributed by atoms with Gasteiger partial charge < -0.3 is 15.2 Å². The molecule has 0 bridgehead atoms. The Labute approximate surface area is 185 Å². The molecule has 1 fully saturated rings. The topological polar surface area (TPSA) is 107 Å². The quantitative estimate of drug-likeness (QED) is 0.481. The summed E-state index contributed by atoms with van der Waals surface area (Å²) in [6.07, 6.45) is 10.4. The van der Waals surface area contributed by atoms with E-state index in [-0.39, 0.29) is 12.5 Å². The van der Waals surface area contributed by atoms with Gasteiger partial charge in [-0.3, -0.25) is 9.48 Å². The summed E-state index contributed by atoms with van der Waals surface area (Å²) in [6.45, 7) is 0.261. The van der Waals surface area contributed by atoms with Crippen LogP contribution >= 0.6 is 0 Å². The highest BCUT2D eigenvalue weighted by Crippen LogP contribution is 2.35. The van der Waals surface area contributed by atoms with E-state index in [9.17, 15) is 9.90 Å². The van der Waals surface area contributed by atoms with Gasteiger partial charge in [0.05, 0.1) is 30.4 Å². The van der Waals surface area contributed by atoms with Crippen molar-refractivity contribution in [1.82, 2.24) is 24.4 Å². The molecular formula is C23H26N6O3. The zero-order chi connectivity index (χ0) is 22.1. The minimum Gasteiger partial charge on any atom is -0.496 e. The maximum absolute atomic E-state index is 13.1. The van der Waals surface area contributed by atoms with Crippen LogP contribution in [-0.2, 0) is 0 Å². The molecule has 0 radical (unpaired) electrons. The maximum Gasteiger partial charge on any atom is 0.260 e. The van der Waals surface area contributed by atoms with Gasteiger partial charge in [-0.25, -0.2) is 4.98 Å². The number of rotatable bonds is 6. The van der Waals surface area contributed by atoms with Gasteiger partial charge in [0.2, 0.25) is 0 Å². The molecule has 4 aromatic rings. The molecule has 0 unspecified atom stereocenters. The lowest BCUT2D eigenvalue weighted by Crippen LogP contribution is -2.19. The number of hydrogen-bond donors (Lipinski definition) is 2. The summed E-state index contributed by atoms with van der Waals surface area (Å²) in [5.74, 6) is 1.26. The first-order chi connectivity index (χ1) is 15.7. The van der Waals surface area contributed by atoms with Crippen molar-refractivity contribution in [2.45, 2.75) is 38.1 Å². The van der Waals surface area contributed by atoms with Crippen LogP contribution in [-0.4, -0.2) is 49.1 Å². The van der Waals surface area contributed by atoms with E-state index in [0.717, 1.165) is 43.0 Å². The second kappa shape index (κ2) is 8.58. The first kappa shape index (κ1) is 20.4. The van der Waals surface area contributed by atoms with Gasteiger partial charge in [-0.15, -0.1) is 0 Å². The third-order valence-corrected chi connectivity index (χ3v) is 6.34. The van der Waals surface area contributed by atoms with Gasteiger partial charge in [0.1, 0.15) is 5.75 Å². The van der Waals surface area contributed by atoms with Crippen LogP contribution in [0.25, 0.3) is 16.6 Å². The van der Waals surface area contributed by atoms with Crippen LogP contribution in [0.1, 0.15) is 48.5 Å². The highest BCUT2D eigenvalue weighted by molar-refractivity contribution is 6.08. The third kappa shape index (κ3) is 3.80. The average Bonchev–Trinajstić information content (AvgIpc) is 3.42. The van der Waals surface area contributed by atoms with Crippen molar-refractivity contribution in [2.75, 3.05) is 19.0 Å². The number of aliphatic hydroxyl groups is 1. The fourth-order valence-electron chi connectivity index (χ4n) is 4.58. The number of aromatic nitrogens is 5. The summed E-state index contributed by atoms with van der Waals surface area (Å²) in [4.78, 5) is 17.3. The molecule has 5 rings (SSSR count). The Morgan fingerprint density at radius 1 is 1.28 bits per heavy atom. The number of benzene rings is 1. The van der Waals surface area contributed by atoms with Crippen LogP contribution in [0, 0.1) is 5.92 Å². The Morgan fingerprint density at radius 3 is 2.91 bits per heavy atom. The summed E-state index contributed by atoms with van der Waals surface area (Å²) in [7, 11) is 1.55. The van der Waals surface area contributed by atoms with E-state index in [1.807, 2.05) is 29.1 Å². The summed E-state index contributed by atoms with van der Waals surface area (Å²) < 4.78 is 9.11. The van der Waals surface area contributed by atoms with E-state index in [4.69, 9.17) is 9.84 Å². The number of carbonyl (C=O) groups is 1. The Bertz CT molecular complexity index is 1260. The molecule has 3 heterocycles. The van der Waals surface area contributed by atoms with Crippen LogP contribution in [0.15, 0.2) is 42.9 Å². The standard InChI is InChI=1S/C23H26N6O3/c1-32-20-12-19-16(14-28(27-19)17-6-4-15(5-7-17)8-10-30)11-18(20)23(31)26-22-13-24-21-3-2-9-25-29(21)22/h2-3,9,11-15,17,30H,4-8,10H2,1H3,(H,26,31). The minimum absolute atomic E-state index is 0.261. The second-order valence-corrected chi connectivity index (χ2v) is 8.30. The zero-order valence-corrected chi connectivity index (χ0v) is 17.9. The van der Waals surface area contributed by atoms with Crippen LogP contribution in [0.3, 0.4) is 0 Å². The largest absolute Gasteiger partial charge is 0.496 e. The summed E-state index contributed by atoms with van der Waals surface area (Å²) in [6, 6.07) is 7.58. The lowest BCUT2D eigenvalue weighted by Gasteiger charge is -2.28. The van der Waals surface area contributed by atoms with Gasteiger partial charge in [0.25, 0.3) is 5.91 Å². The van der Waals surface area contributed by atoms with Crippen molar-refractivity contribution in [1.29, 1.82) is 0 Å². The van der Waals surface area contributed by atoms with Crippen LogP contribution in [0.2, 0.25) is 0 Å². The van der Waals surface area contributed by atoms with Gasteiger partial charge in [0.15, 0.2) is 11.5 Å². The van der Waals surface area contributed by atoms with Crippen LogP contribution in [0.4, 0.5) is 5.82 Å². The van der Waals surface area contributed by atoms with Crippen molar-refractivity contribution in [2.24, 2.45) is 5.92 Å². The van der Waals surface area contributed by atoms with E-state index in [0.29, 0.717) is 34.7 Å². The molecule has 166 valence electrons. The van der Waals surface area contributed by atoms with Crippen molar-refractivity contribution in [3.63, 3.8) is 0 Å².